The van der Waals surface area contributed by atoms with Gasteiger partial charge in [-0.15, -0.1) is 0 Å². The lowest BCUT2D eigenvalue weighted by Gasteiger charge is -2.27. The number of carbonyl (C=O) groups is 1. The fourth-order valence-corrected chi connectivity index (χ4v) is 3.12. The van der Waals surface area contributed by atoms with Gasteiger partial charge in [-0.3, -0.25) is 0 Å². The first-order chi connectivity index (χ1) is 10.3. The highest BCUT2D eigenvalue weighted by atomic mass is 16.7. The highest BCUT2D eigenvalue weighted by Gasteiger charge is 2.21. The number of hydrogen-bond acceptors (Lipinski definition) is 4. The van der Waals surface area contributed by atoms with E-state index in [2.05, 4.69) is 0 Å². The minimum Gasteiger partial charge on any atom is -0.463 e. The van der Waals surface area contributed by atoms with Gasteiger partial charge in [0.1, 0.15) is 0 Å². The lowest BCUT2D eigenvalue weighted by atomic mass is 9.84. The maximum atomic E-state index is 11.8. The van der Waals surface area contributed by atoms with E-state index in [1.165, 1.54) is 19.3 Å². The molecule has 4 nitrogen and oxygen atoms in total. The minimum atomic E-state index is -0.244. The van der Waals surface area contributed by atoms with Crippen molar-refractivity contribution in [3.05, 3.63) is 11.6 Å². The van der Waals surface area contributed by atoms with Gasteiger partial charge >= 0.3 is 5.97 Å². The number of rotatable bonds is 6. The average molecular weight is 296 g/mol. The van der Waals surface area contributed by atoms with Crippen molar-refractivity contribution in [1.82, 2.24) is 0 Å². The van der Waals surface area contributed by atoms with Gasteiger partial charge in [-0.25, -0.2) is 4.79 Å². The van der Waals surface area contributed by atoms with Crippen LogP contribution in [0, 0.1) is 5.92 Å². The van der Waals surface area contributed by atoms with Gasteiger partial charge in [-0.05, 0) is 50.5 Å². The molecule has 1 aliphatic carbocycles. The molecule has 0 aromatic carbocycles. The zero-order chi connectivity index (χ0) is 14.9. The first kappa shape index (κ1) is 16.5. The Morgan fingerprint density at radius 3 is 2.57 bits per heavy atom. The Labute approximate surface area is 127 Å². The summed E-state index contributed by atoms with van der Waals surface area (Å²) in [5.74, 6) is 0.220. The predicted octanol–water partition coefficient (Wildman–Crippen LogP) is 3.60. The van der Waals surface area contributed by atoms with Gasteiger partial charge in [0.15, 0.2) is 6.29 Å². The zero-order valence-electron chi connectivity index (χ0n) is 13.1. The first-order valence-electron chi connectivity index (χ1n) is 8.40. The van der Waals surface area contributed by atoms with E-state index in [0.29, 0.717) is 19.1 Å². The van der Waals surface area contributed by atoms with E-state index in [9.17, 15) is 4.79 Å². The maximum absolute atomic E-state index is 11.8. The number of esters is 1. The molecule has 21 heavy (non-hydrogen) atoms. The van der Waals surface area contributed by atoms with Crippen molar-refractivity contribution < 1.29 is 19.0 Å². The summed E-state index contributed by atoms with van der Waals surface area (Å²) >= 11 is 0. The molecule has 4 heteroatoms. The van der Waals surface area contributed by atoms with Crippen LogP contribution in [0.25, 0.3) is 0 Å². The molecule has 1 saturated carbocycles. The van der Waals surface area contributed by atoms with Crippen LogP contribution in [-0.2, 0) is 19.0 Å². The third-order valence-electron chi connectivity index (χ3n) is 4.29. The van der Waals surface area contributed by atoms with E-state index in [4.69, 9.17) is 14.2 Å². The molecule has 120 valence electrons. The molecule has 0 radical (unpaired) electrons. The fourth-order valence-electron chi connectivity index (χ4n) is 3.12. The fraction of sp³-hybridized carbons (Fsp3) is 0.824. The molecule has 1 aliphatic heterocycles. The molecule has 1 heterocycles. The number of ether oxygens (including phenoxy) is 3. The highest BCUT2D eigenvalue weighted by Crippen LogP contribution is 2.30. The molecule has 0 aromatic heterocycles. The van der Waals surface area contributed by atoms with E-state index in [0.717, 1.165) is 44.3 Å². The van der Waals surface area contributed by atoms with Crippen molar-refractivity contribution >= 4 is 5.97 Å². The van der Waals surface area contributed by atoms with Crippen LogP contribution < -0.4 is 0 Å². The van der Waals surface area contributed by atoms with Crippen LogP contribution in [0.4, 0.5) is 0 Å². The Morgan fingerprint density at radius 2 is 1.90 bits per heavy atom. The lowest BCUT2D eigenvalue weighted by molar-refractivity contribution is -0.158. The smallest absolute Gasteiger partial charge is 0.330 e. The third-order valence-corrected chi connectivity index (χ3v) is 4.29. The Hall–Kier alpha value is -0.870. The van der Waals surface area contributed by atoms with Crippen molar-refractivity contribution in [3.63, 3.8) is 0 Å². The van der Waals surface area contributed by atoms with Gasteiger partial charge in [-0.1, -0.05) is 19.3 Å². The van der Waals surface area contributed by atoms with Crippen LogP contribution in [0.5, 0.6) is 0 Å². The van der Waals surface area contributed by atoms with E-state index in [1.807, 2.05) is 6.92 Å². The second-order valence-electron chi connectivity index (χ2n) is 5.91. The number of carbonyl (C=O) groups excluding carboxylic acids is 1. The molecule has 0 N–H and O–H groups in total. The quantitative estimate of drug-likeness (QED) is 0.555. The van der Waals surface area contributed by atoms with Crippen molar-refractivity contribution in [1.29, 1.82) is 0 Å². The van der Waals surface area contributed by atoms with Crippen molar-refractivity contribution in [2.45, 2.75) is 64.6 Å². The van der Waals surface area contributed by atoms with E-state index in [1.54, 1.807) is 6.08 Å². The van der Waals surface area contributed by atoms with Crippen LogP contribution in [0.3, 0.4) is 0 Å². The second kappa shape index (κ2) is 9.21. The van der Waals surface area contributed by atoms with E-state index in [-0.39, 0.29) is 12.3 Å². The van der Waals surface area contributed by atoms with Gasteiger partial charge in [0.2, 0.25) is 0 Å². The van der Waals surface area contributed by atoms with Crippen molar-refractivity contribution in [2.75, 3.05) is 19.8 Å². The van der Waals surface area contributed by atoms with Crippen LogP contribution >= 0.6 is 0 Å². The SMILES string of the molecule is CCOC(=O)/C=C(/COC1CCCCO1)C1CCCCC1. The average Bonchev–Trinajstić information content (AvgIpc) is 2.53. The molecule has 2 fully saturated rings. The summed E-state index contributed by atoms with van der Waals surface area (Å²) in [5, 5.41) is 0. The van der Waals surface area contributed by atoms with Gasteiger partial charge in [0.05, 0.1) is 13.2 Å². The maximum Gasteiger partial charge on any atom is 0.330 e. The largest absolute Gasteiger partial charge is 0.463 e. The summed E-state index contributed by atoms with van der Waals surface area (Å²) in [6, 6.07) is 0. The summed E-state index contributed by atoms with van der Waals surface area (Å²) in [5.41, 5.74) is 1.09. The zero-order valence-corrected chi connectivity index (χ0v) is 13.1. The summed E-state index contributed by atoms with van der Waals surface area (Å²) in [6.45, 7) is 3.53. The predicted molar refractivity (Wildman–Crippen MR) is 80.8 cm³/mol. The normalized spacial score (nSPS) is 24.8. The molecule has 1 atom stereocenters. The van der Waals surface area contributed by atoms with Crippen molar-refractivity contribution in [3.8, 4) is 0 Å². The molecule has 0 amide bonds. The molecule has 2 aliphatic rings. The Kier molecular flexibility index (Phi) is 7.24. The van der Waals surface area contributed by atoms with Gasteiger partial charge in [0, 0.05) is 12.7 Å². The van der Waals surface area contributed by atoms with Crippen molar-refractivity contribution in [2.24, 2.45) is 5.92 Å². The minimum absolute atomic E-state index is 0.104. The summed E-state index contributed by atoms with van der Waals surface area (Å²) in [7, 11) is 0. The Bertz CT molecular complexity index is 339. The molecule has 1 unspecified atom stereocenters. The van der Waals surface area contributed by atoms with Crippen LogP contribution in [0.1, 0.15) is 58.3 Å². The molecule has 2 rings (SSSR count). The third kappa shape index (κ3) is 5.79. The standard InChI is InChI=1S/C17H28O4/c1-2-19-16(18)12-15(14-8-4-3-5-9-14)13-21-17-10-6-7-11-20-17/h12,14,17H,2-11,13H2,1H3/b15-12-. The summed E-state index contributed by atoms with van der Waals surface area (Å²) < 4.78 is 16.5. The Morgan fingerprint density at radius 1 is 1.14 bits per heavy atom. The first-order valence-corrected chi connectivity index (χ1v) is 8.40. The molecule has 0 bridgehead atoms. The van der Waals surface area contributed by atoms with Crippen LogP contribution in [-0.4, -0.2) is 32.1 Å². The van der Waals surface area contributed by atoms with Gasteiger partial charge in [0.25, 0.3) is 0 Å². The lowest BCUT2D eigenvalue weighted by Crippen LogP contribution is -2.25. The molecular formula is C17H28O4. The van der Waals surface area contributed by atoms with Crippen LogP contribution in [0.2, 0.25) is 0 Å². The van der Waals surface area contributed by atoms with Gasteiger partial charge in [-0.2, -0.15) is 0 Å². The van der Waals surface area contributed by atoms with Crippen LogP contribution in [0.15, 0.2) is 11.6 Å². The number of hydrogen-bond donors (Lipinski definition) is 0. The van der Waals surface area contributed by atoms with E-state index >= 15 is 0 Å². The Balaban J connectivity index is 1.91. The van der Waals surface area contributed by atoms with E-state index < -0.39 is 0 Å². The monoisotopic (exact) mass is 296 g/mol. The molecule has 1 saturated heterocycles. The second-order valence-corrected chi connectivity index (χ2v) is 5.91. The summed E-state index contributed by atoms with van der Waals surface area (Å²) in [6.07, 6.45) is 10.9. The highest BCUT2D eigenvalue weighted by molar-refractivity contribution is 5.82. The summed E-state index contributed by atoms with van der Waals surface area (Å²) in [4.78, 5) is 11.8. The molecule has 0 aromatic rings. The molecule has 0 spiro atoms. The van der Waals surface area contributed by atoms with Gasteiger partial charge < -0.3 is 14.2 Å². The topological polar surface area (TPSA) is 44.8 Å². The molecular weight excluding hydrogens is 268 g/mol.